The smallest absolute Gasteiger partial charge is 0.422 e. The van der Waals surface area contributed by atoms with Gasteiger partial charge in [0.25, 0.3) is 0 Å². The Hall–Kier alpha value is -3.93. The van der Waals surface area contributed by atoms with E-state index in [-0.39, 0.29) is 94.4 Å². The van der Waals surface area contributed by atoms with Crippen LogP contribution in [-0.4, -0.2) is 96.5 Å². The Morgan fingerprint density at radius 1 is 0.639 bits per heavy atom. The number of esters is 6. The van der Waals surface area contributed by atoms with Crippen molar-refractivity contribution in [2.75, 3.05) is 6.61 Å². The van der Waals surface area contributed by atoms with Crippen LogP contribution < -0.4 is 0 Å². The van der Waals surface area contributed by atoms with E-state index in [4.69, 9.17) is 14.2 Å². The van der Waals surface area contributed by atoms with Gasteiger partial charge in [0, 0.05) is 51.9 Å². The van der Waals surface area contributed by atoms with E-state index in [0.717, 1.165) is 44.9 Å². The van der Waals surface area contributed by atoms with Gasteiger partial charge in [-0.2, -0.15) is 17.6 Å². The highest BCUT2D eigenvalue weighted by Crippen LogP contribution is 2.39. The molecule has 19 heteroatoms. The van der Waals surface area contributed by atoms with Crippen LogP contribution in [0.5, 0.6) is 0 Å². The minimum atomic E-state index is -4.91. The van der Waals surface area contributed by atoms with Gasteiger partial charge in [-0.15, -0.1) is 0 Å². The molecule has 13 nitrogen and oxygen atoms in total. The van der Waals surface area contributed by atoms with Gasteiger partial charge in [0.1, 0.15) is 18.3 Å². The summed E-state index contributed by atoms with van der Waals surface area (Å²) in [4.78, 5) is 72.3. The number of alkyl halides is 6. The molecule has 8 atom stereocenters. The summed E-state index contributed by atoms with van der Waals surface area (Å²) in [6, 6.07) is 0. The van der Waals surface area contributed by atoms with E-state index in [1.165, 1.54) is 6.92 Å². The van der Waals surface area contributed by atoms with Crippen LogP contribution in [0.15, 0.2) is 0 Å². The second-order valence-corrected chi connectivity index (χ2v) is 15.3. The minimum absolute atomic E-state index is 0. The zero-order valence-corrected chi connectivity index (χ0v) is 34.8. The monoisotopic (exact) mass is 894 g/mol. The van der Waals surface area contributed by atoms with Crippen LogP contribution in [0.2, 0.25) is 0 Å². The lowest BCUT2D eigenvalue weighted by atomic mass is 9.98. The molecule has 6 aliphatic heterocycles. The molecule has 7 rings (SSSR count). The lowest BCUT2D eigenvalue weighted by Crippen LogP contribution is -2.40. The van der Waals surface area contributed by atoms with E-state index in [1.54, 1.807) is 0 Å². The Balaban J connectivity index is 0. The molecule has 1 saturated carbocycles. The van der Waals surface area contributed by atoms with Crippen LogP contribution in [0.25, 0.3) is 0 Å². The van der Waals surface area contributed by atoms with Crippen LogP contribution in [0, 0.1) is 5.92 Å². The van der Waals surface area contributed by atoms with Gasteiger partial charge in [0.05, 0.1) is 25.0 Å². The molecule has 6 saturated heterocycles. The Bertz CT molecular complexity index is 1340. The summed E-state index contributed by atoms with van der Waals surface area (Å²) in [7, 11) is 0. The first kappa shape index (κ1) is 59.2. The van der Waals surface area contributed by atoms with Crippen molar-refractivity contribution >= 4 is 41.6 Å². The maximum atomic E-state index is 13.1. The molecule has 7 fully saturated rings. The highest BCUT2D eigenvalue weighted by molar-refractivity contribution is 5.84. The van der Waals surface area contributed by atoms with Crippen molar-refractivity contribution in [2.24, 2.45) is 5.92 Å². The van der Waals surface area contributed by atoms with Crippen molar-refractivity contribution in [1.82, 2.24) is 0 Å². The molecule has 0 aromatic rings. The third kappa shape index (κ3) is 24.9. The van der Waals surface area contributed by atoms with Gasteiger partial charge in [0.15, 0.2) is 12.0 Å². The lowest BCUT2D eigenvalue weighted by Gasteiger charge is -2.25. The first-order valence-electron chi connectivity index (χ1n) is 20.2. The summed E-state index contributed by atoms with van der Waals surface area (Å²) in [5.74, 6) is -2.89. The first-order valence-corrected chi connectivity index (χ1v) is 20.2. The number of rotatable bonds is 4. The third-order valence-corrected chi connectivity index (χ3v) is 9.64. The maximum absolute atomic E-state index is 13.1. The number of hydrogen-bond donors (Lipinski definition) is 0. The van der Waals surface area contributed by atoms with Crippen LogP contribution in [0.3, 0.4) is 0 Å². The van der Waals surface area contributed by atoms with Gasteiger partial charge >= 0.3 is 42.0 Å². The van der Waals surface area contributed by atoms with Gasteiger partial charge in [-0.05, 0) is 71.6 Å². The fourth-order valence-electron chi connectivity index (χ4n) is 5.71. The topological polar surface area (TPSA) is 175 Å². The molecule has 61 heavy (non-hydrogen) atoms. The van der Waals surface area contributed by atoms with Gasteiger partial charge in [0.2, 0.25) is 11.5 Å². The van der Waals surface area contributed by atoms with Crippen LogP contribution in [0.1, 0.15) is 166 Å². The van der Waals surface area contributed by atoms with Crippen molar-refractivity contribution in [2.45, 2.75) is 214 Å². The molecule has 0 aromatic carbocycles. The van der Waals surface area contributed by atoms with Gasteiger partial charge in [-0.25, -0.2) is 8.78 Å². The Morgan fingerprint density at radius 3 is 1.26 bits per heavy atom. The molecular formula is C42H68F6O13. The summed E-state index contributed by atoms with van der Waals surface area (Å²) in [6.07, 6.45) is 2.57. The Labute approximate surface area is 356 Å². The Kier molecular flexibility index (Phi) is 27.8. The average Bonchev–Trinajstić information content (AvgIpc) is 4.04. The van der Waals surface area contributed by atoms with Gasteiger partial charge in [-0.3, -0.25) is 33.6 Å². The van der Waals surface area contributed by atoms with Gasteiger partial charge in [-0.1, -0.05) is 35.6 Å². The predicted octanol–water partition coefficient (Wildman–Crippen LogP) is 9.22. The number of ketones is 1. The molecule has 0 amide bonds. The largest absolute Gasteiger partial charge is 0.465 e. The van der Waals surface area contributed by atoms with E-state index in [2.05, 4.69) is 14.2 Å². The van der Waals surface area contributed by atoms with E-state index in [0.29, 0.717) is 45.6 Å². The van der Waals surface area contributed by atoms with Gasteiger partial charge < -0.3 is 28.4 Å². The summed E-state index contributed by atoms with van der Waals surface area (Å²) >= 11 is 0. The zero-order chi connectivity index (χ0) is 45.0. The maximum Gasteiger partial charge on any atom is 0.422 e. The van der Waals surface area contributed by atoms with Crippen molar-refractivity contribution in [3.05, 3.63) is 0 Å². The van der Waals surface area contributed by atoms with E-state index >= 15 is 0 Å². The molecule has 0 bridgehead atoms. The average molecular weight is 895 g/mol. The SMILES string of the molecule is C.C.CC(F)(CC1CCC(=O)O1)C(F)(F)F.CC1(F)CCC(=O)O1.CC1CCC(=O)O1.CC1CCOC1=O.CCC1CCC(=O)O1.CCC1CCC(=O)O1.O=C1CCCC1F. The molecule has 7 aliphatic rings. The second kappa shape index (κ2) is 28.6. The second-order valence-electron chi connectivity index (χ2n) is 15.3. The fraction of sp³-hybridized carbons (Fsp3) is 0.833. The molecule has 356 valence electrons. The predicted molar refractivity (Wildman–Crippen MR) is 210 cm³/mol. The number of cyclic esters (lactones) is 6. The van der Waals surface area contributed by atoms with Crippen molar-refractivity contribution < 1.29 is 88.3 Å². The number of Topliss-reactive ketones (excluding diaryl/α,β-unsaturated/α-hetero) is 1. The summed E-state index contributed by atoms with van der Waals surface area (Å²) < 4.78 is 101. The number of carbonyl (C=O) groups is 7. The van der Waals surface area contributed by atoms with Crippen LogP contribution in [-0.2, 0) is 62.0 Å². The molecule has 1 aliphatic carbocycles. The lowest BCUT2D eigenvalue weighted by molar-refractivity contribution is -0.231. The zero-order valence-electron chi connectivity index (χ0n) is 34.8. The van der Waals surface area contributed by atoms with Crippen molar-refractivity contribution in [1.29, 1.82) is 0 Å². The molecule has 8 unspecified atom stereocenters. The number of carbonyl (C=O) groups excluding carboxylic acids is 7. The van der Waals surface area contributed by atoms with E-state index in [9.17, 15) is 59.9 Å². The number of halogens is 6. The minimum Gasteiger partial charge on any atom is -0.465 e. The van der Waals surface area contributed by atoms with Crippen LogP contribution >= 0.6 is 0 Å². The number of ether oxygens (including phenoxy) is 6. The first-order chi connectivity index (χ1) is 27.4. The fourth-order valence-corrected chi connectivity index (χ4v) is 5.71. The summed E-state index contributed by atoms with van der Waals surface area (Å²) in [6.45, 7) is 10.2. The molecule has 0 radical (unpaired) electrons. The summed E-state index contributed by atoms with van der Waals surface area (Å²) in [5, 5.41) is 0. The molecule has 0 aromatic heterocycles. The van der Waals surface area contributed by atoms with Crippen molar-refractivity contribution in [3.63, 3.8) is 0 Å². The Morgan fingerprint density at radius 2 is 1.10 bits per heavy atom. The van der Waals surface area contributed by atoms with E-state index < -0.39 is 48.3 Å². The van der Waals surface area contributed by atoms with Crippen LogP contribution in [0.4, 0.5) is 26.3 Å². The molecule has 0 N–H and O–H groups in total. The normalized spacial score (nSPS) is 29.1. The third-order valence-electron chi connectivity index (χ3n) is 9.64. The quantitative estimate of drug-likeness (QED) is 0.149. The standard InChI is InChI=1S/C8H10F4O2.2C6H10O2.C5H7FO2.C5H7FO.2C5H8O2.2CH4/c1-7(9,8(10,11)12)4-5-2-3-6(13)14-5;2*1-2-5-3-4-6(7)8-5;1-5(6)3-2-4(7)8-5;6-4-2-1-3-5(4)7;1-4-2-3-7-5(4)6;1-4-2-3-5(6)7-4;;/h5H,2-4H2,1H3;2*5H,2-4H2,1H3;2-3H2,1H3;4H,1-3H2;2*4H,2-3H2,1H3;2*1H4. The van der Waals surface area contributed by atoms with Crippen molar-refractivity contribution in [3.8, 4) is 0 Å². The molecule has 6 heterocycles. The number of hydrogen-bond acceptors (Lipinski definition) is 13. The highest BCUT2D eigenvalue weighted by atomic mass is 19.4. The van der Waals surface area contributed by atoms with E-state index in [1.807, 2.05) is 27.7 Å². The summed E-state index contributed by atoms with van der Waals surface area (Å²) in [5.41, 5.74) is -3.29. The molecule has 0 spiro atoms. The molecular weight excluding hydrogens is 826 g/mol. The highest BCUT2D eigenvalue weighted by Gasteiger charge is 2.54.